The van der Waals surface area contributed by atoms with Crippen LogP contribution in [-0.2, 0) is 0 Å². The highest BCUT2D eigenvalue weighted by molar-refractivity contribution is 6.27. The first-order valence-corrected chi connectivity index (χ1v) is 12.5. The predicted molar refractivity (Wildman–Crippen MR) is 145 cm³/mol. The molecule has 0 amide bonds. The summed E-state index contributed by atoms with van der Waals surface area (Å²) in [6.07, 6.45) is 7.30. The number of aliphatic imine (C=N–C) groups is 1. The summed E-state index contributed by atoms with van der Waals surface area (Å²) >= 11 is 0. The molecule has 0 unspecified atom stereocenters. The third-order valence-corrected chi connectivity index (χ3v) is 5.83. The lowest BCUT2D eigenvalue weighted by Gasteiger charge is -2.19. The molecule has 6 nitrogen and oxygen atoms in total. The van der Waals surface area contributed by atoms with Crippen molar-refractivity contribution >= 4 is 28.6 Å². The van der Waals surface area contributed by atoms with Crippen LogP contribution in [0.4, 0.5) is 17.1 Å². The molecule has 0 saturated carbocycles. The van der Waals surface area contributed by atoms with Gasteiger partial charge in [-0.2, -0.15) is 0 Å². The molecule has 4 rings (SSSR count). The number of ketones is 1. The molecule has 3 aromatic rings. The van der Waals surface area contributed by atoms with E-state index in [2.05, 4.69) is 19.2 Å². The zero-order valence-electron chi connectivity index (χ0n) is 20.8. The van der Waals surface area contributed by atoms with Crippen molar-refractivity contribution in [3.63, 3.8) is 0 Å². The van der Waals surface area contributed by atoms with Gasteiger partial charge in [-0.15, -0.1) is 0 Å². The number of phenolic OH excluding ortho intramolecular Hbond substituents is 1. The number of carbonyl (C=O) groups excluding carboxylic acids is 1. The SMILES string of the molecule is CCCCOc1ccc(N=C2C=CC(=O)c3c(Nc4ccc(OCCCC)cc4)ccc(O)c32)cc1. The maximum atomic E-state index is 12.9. The highest BCUT2D eigenvalue weighted by Gasteiger charge is 2.25. The molecule has 0 radical (unpaired) electrons. The molecular formula is C30H32N2O4. The molecule has 0 aliphatic heterocycles. The monoisotopic (exact) mass is 484 g/mol. The van der Waals surface area contributed by atoms with Gasteiger partial charge in [0.05, 0.1) is 41.4 Å². The van der Waals surface area contributed by atoms with Gasteiger partial charge in [-0.05, 0) is 85.7 Å². The Morgan fingerprint density at radius 3 is 2.00 bits per heavy atom. The number of benzene rings is 3. The number of anilines is 2. The van der Waals surface area contributed by atoms with E-state index in [0.29, 0.717) is 41.4 Å². The molecule has 36 heavy (non-hydrogen) atoms. The van der Waals surface area contributed by atoms with Crippen LogP contribution in [0.5, 0.6) is 17.2 Å². The average Bonchev–Trinajstić information content (AvgIpc) is 2.89. The van der Waals surface area contributed by atoms with Crippen molar-refractivity contribution in [2.24, 2.45) is 4.99 Å². The molecule has 0 bridgehead atoms. The highest BCUT2D eigenvalue weighted by Crippen LogP contribution is 2.35. The Labute approximate surface area is 212 Å². The van der Waals surface area contributed by atoms with Crippen LogP contribution < -0.4 is 14.8 Å². The number of carbonyl (C=O) groups is 1. The number of hydrogen-bond acceptors (Lipinski definition) is 6. The summed E-state index contributed by atoms with van der Waals surface area (Å²) in [6.45, 7) is 5.62. The fourth-order valence-electron chi connectivity index (χ4n) is 3.84. The van der Waals surface area contributed by atoms with Crippen LogP contribution in [-0.4, -0.2) is 29.8 Å². The summed E-state index contributed by atoms with van der Waals surface area (Å²) in [5.41, 5.74) is 3.43. The standard InChI is InChI=1S/C30H32N2O4/c1-3-5-19-35-23-11-7-21(8-12-23)31-25-15-17-28(34)30-26(16-18-27(33)29(25)30)32-22-9-13-24(14-10-22)36-20-6-4-2/h7-18,31,34H,3-6,19-20H2,1-2H3. The molecule has 1 aliphatic carbocycles. The van der Waals surface area contributed by atoms with Crippen LogP contribution >= 0.6 is 0 Å². The molecule has 6 heteroatoms. The fourth-order valence-corrected chi connectivity index (χ4v) is 3.84. The van der Waals surface area contributed by atoms with Gasteiger partial charge in [-0.3, -0.25) is 4.79 Å². The van der Waals surface area contributed by atoms with Crippen LogP contribution in [0, 0.1) is 0 Å². The molecule has 2 N–H and O–H groups in total. The summed E-state index contributed by atoms with van der Waals surface area (Å²) < 4.78 is 11.5. The molecule has 0 saturated heterocycles. The Bertz CT molecular complexity index is 1250. The Morgan fingerprint density at radius 2 is 1.39 bits per heavy atom. The van der Waals surface area contributed by atoms with Gasteiger partial charge >= 0.3 is 0 Å². The normalized spacial score (nSPS) is 13.5. The lowest BCUT2D eigenvalue weighted by molar-refractivity contribution is 0.104. The van der Waals surface area contributed by atoms with E-state index in [0.717, 1.165) is 42.9 Å². The molecule has 0 atom stereocenters. The van der Waals surface area contributed by atoms with E-state index in [1.54, 1.807) is 18.2 Å². The number of nitrogens with zero attached hydrogens (tertiary/aromatic N) is 1. The summed E-state index contributed by atoms with van der Waals surface area (Å²) in [6, 6.07) is 18.4. The zero-order valence-corrected chi connectivity index (χ0v) is 20.8. The first-order valence-electron chi connectivity index (χ1n) is 12.5. The lowest BCUT2D eigenvalue weighted by Crippen LogP contribution is -2.15. The minimum atomic E-state index is -0.193. The fraction of sp³-hybridized carbons (Fsp3) is 0.267. The molecule has 0 fully saturated rings. The van der Waals surface area contributed by atoms with Crippen molar-refractivity contribution in [3.8, 4) is 17.2 Å². The Balaban J connectivity index is 1.57. The van der Waals surface area contributed by atoms with Gasteiger partial charge < -0.3 is 19.9 Å². The van der Waals surface area contributed by atoms with E-state index in [1.165, 1.54) is 6.08 Å². The first kappa shape index (κ1) is 25.0. The van der Waals surface area contributed by atoms with E-state index >= 15 is 0 Å². The van der Waals surface area contributed by atoms with E-state index < -0.39 is 0 Å². The highest BCUT2D eigenvalue weighted by atomic mass is 16.5. The van der Waals surface area contributed by atoms with Gasteiger partial charge in [0.15, 0.2) is 5.78 Å². The smallest absolute Gasteiger partial charge is 0.188 e. The molecule has 186 valence electrons. The van der Waals surface area contributed by atoms with Crippen LogP contribution in [0.2, 0.25) is 0 Å². The Hall–Kier alpha value is -4.06. The molecule has 0 heterocycles. The number of aromatic hydroxyl groups is 1. The first-order chi connectivity index (χ1) is 17.6. The van der Waals surface area contributed by atoms with Crippen molar-refractivity contribution in [3.05, 3.63) is 83.9 Å². The summed E-state index contributed by atoms with van der Waals surface area (Å²) in [5, 5.41) is 14.0. The van der Waals surface area contributed by atoms with Crippen LogP contribution in [0.1, 0.15) is 55.5 Å². The van der Waals surface area contributed by atoms with Crippen molar-refractivity contribution in [1.29, 1.82) is 0 Å². The van der Waals surface area contributed by atoms with Gasteiger partial charge in [-0.1, -0.05) is 26.7 Å². The van der Waals surface area contributed by atoms with Gasteiger partial charge in [0, 0.05) is 5.69 Å². The van der Waals surface area contributed by atoms with Crippen LogP contribution in [0.15, 0.2) is 77.8 Å². The molecule has 1 aliphatic rings. The summed E-state index contributed by atoms with van der Waals surface area (Å²) in [5.74, 6) is 1.41. The van der Waals surface area contributed by atoms with Crippen LogP contribution in [0.3, 0.4) is 0 Å². The van der Waals surface area contributed by atoms with E-state index in [-0.39, 0.29) is 11.5 Å². The largest absolute Gasteiger partial charge is 0.507 e. The molecule has 3 aromatic carbocycles. The average molecular weight is 485 g/mol. The topological polar surface area (TPSA) is 80.2 Å². The molecular weight excluding hydrogens is 452 g/mol. The van der Waals surface area contributed by atoms with Gasteiger partial charge in [-0.25, -0.2) is 4.99 Å². The quantitative estimate of drug-likeness (QED) is 0.219. The van der Waals surface area contributed by atoms with Crippen molar-refractivity contribution in [2.45, 2.75) is 39.5 Å². The third-order valence-electron chi connectivity index (χ3n) is 5.83. The van der Waals surface area contributed by atoms with E-state index in [9.17, 15) is 9.90 Å². The summed E-state index contributed by atoms with van der Waals surface area (Å²) in [7, 11) is 0. The lowest BCUT2D eigenvalue weighted by atomic mass is 9.91. The third kappa shape index (κ3) is 6.13. The minimum Gasteiger partial charge on any atom is -0.507 e. The number of ether oxygens (including phenoxy) is 2. The molecule has 0 spiro atoms. The van der Waals surface area contributed by atoms with Gasteiger partial charge in [0.25, 0.3) is 0 Å². The maximum absolute atomic E-state index is 12.9. The van der Waals surface area contributed by atoms with E-state index in [1.807, 2.05) is 48.5 Å². The minimum absolute atomic E-state index is 0.00573. The second-order valence-corrected chi connectivity index (χ2v) is 8.62. The number of allylic oxidation sites excluding steroid dienone is 2. The van der Waals surface area contributed by atoms with Crippen molar-refractivity contribution < 1.29 is 19.4 Å². The van der Waals surface area contributed by atoms with Gasteiger partial charge in [0.2, 0.25) is 0 Å². The number of phenols is 1. The van der Waals surface area contributed by atoms with Crippen molar-refractivity contribution in [2.75, 3.05) is 18.5 Å². The molecule has 0 aromatic heterocycles. The number of rotatable bonds is 11. The van der Waals surface area contributed by atoms with Crippen molar-refractivity contribution in [1.82, 2.24) is 0 Å². The summed E-state index contributed by atoms with van der Waals surface area (Å²) in [4.78, 5) is 17.6. The number of hydrogen-bond donors (Lipinski definition) is 2. The maximum Gasteiger partial charge on any atom is 0.188 e. The number of unbranched alkanes of at least 4 members (excludes halogenated alkanes) is 2. The number of nitrogens with one attached hydrogen (secondary N) is 1. The second-order valence-electron chi connectivity index (χ2n) is 8.62. The van der Waals surface area contributed by atoms with Crippen LogP contribution in [0.25, 0.3) is 0 Å². The number of fused-ring (bicyclic) bond motifs is 1. The Kier molecular flexibility index (Phi) is 8.40. The Morgan fingerprint density at radius 1 is 0.778 bits per heavy atom. The predicted octanol–water partition coefficient (Wildman–Crippen LogP) is 7.37. The zero-order chi connectivity index (χ0) is 25.3. The van der Waals surface area contributed by atoms with Gasteiger partial charge in [0.1, 0.15) is 17.2 Å². The second kappa shape index (κ2) is 12.1. The van der Waals surface area contributed by atoms with E-state index in [4.69, 9.17) is 14.5 Å².